The molecule has 5 nitrogen and oxygen atoms in total. The van der Waals surface area contributed by atoms with E-state index in [-0.39, 0.29) is 5.91 Å². The van der Waals surface area contributed by atoms with E-state index in [0.29, 0.717) is 38.5 Å². The summed E-state index contributed by atoms with van der Waals surface area (Å²) in [7, 11) is 0. The summed E-state index contributed by atoms with van der Waals surface area (Å²) in [6.07, 6.45) is 3.05. The second kappa shape index (κ2) is 12.2. The predicted molar refractivity (Wildman–Crippen MR) is 142 cm³/mol. The number of amides is 1. The Labute approximate surface area is 208 Å². The van der Waals surface area contributed by atoms with E-state index in [4.69, 9.17) is 9.72 Å². The number of aryl methyl sites for hydroxylation is 1. The topological polar surface area (TPSA) is 56.1 Å². The SMILES string of the molecule is CCC(C)c1ccc(OCCn2c(CCNC(=O)CCc3ccccc3)nc3ccccc32)cc1. The third kappa shape index (κ3) is 6.72. The summed E-state index contributed by atoms with van der Waals surface area (Å²) in [5.41, 5.74) is 4.58. The van der Waals surface area contributed by atoms with Crippen molar-refractivity contribution in [3.05, 3.63) is 95.8 Å². The molecule has 1 atom stereocenters. The first kappa shape index (κ1) is 24.5. The Morgan fingerprint density at radius 3 is 2.49 bits per heavy atom. The van der Waals surface area contributed by atoms with Crippen LogP contribution in [0.15, 0.2) is 78.9 Å². The number of para-hydroxylation sites is 2. The number of carbonyl (C=O) groups excluding carboxylic acids is 1. The summed E-state index contributed by atoms with van der Waals surface area (Å²) in [5.74, 6) is 2.47. The van der Waals surface area contributed by atoms with Gasteiger partial charge in [-0.15, -0.1) is 0 Å². The monoisotopic (exact) mass is 469 g/mol. The molecular formula is C30H35N3O2. The van der Waals surface area contributed by atoms with Crippen molar-refractivity contribution >= 4 is 16.9 Å². The lowest BCUT2D eigenvalue weighted by Crippen LogP contribution is -2.27. The van der Waals surface area contributed by atoms with Gasteiger partial charge in [0.15, 0.2) is 0 Å². The zero-order chi connectivity index (χ0) is 24.5. The Morgan fingerprint density at radius 1 is 0.971 bits per heavy atom. The van der Waals surface area contributed by atoms with Gasteiger partial charge in [-0.05, 0) is 54.2 Å². The van der Waals surface area contributed by atoms with E-state index in [1.807, 2.05) is 36.4 Å². The van der Waals surface area contributed by atoms with Crippen LogP contribution in [0.1, 0.15) is 49.6 Å². The average molecular weight is 470 g/mol. The lowest BCUT2D eigenvalue weighted by Gasteiger charge is -2.13. The number of aromatic nitrogens is 2. The molecule has 0 bridgehead atoms. The molecule has 0 aliphatic carbocycles. The summed E-state index contributed by atoms with van der Waals surface area (Å²) >= 11 is 0. The van der Waals surface area contributed by atoms with Crippen molar-refractivity contribution in [1.82, 2.24) is 14.9 Å². The maximum absolute atomic E-state index is 12.3. The highest BCUT2D eigenvalue weighted by Crippen LogP contribution is 2.22. The normalized spacial score (nSPS) is 11.9. The molecule has 3 aromatic carbocycles. The van der Waals surface area contributed by atoms with Crippen LogP contribution in [0.2, 0.25) is 0 Å². The number of hydrogen-bond donors (Lipinski definition) is 1. The smallest absolute Gasteiger partial charge is 0.220 e. The minimum Gasteiger partial charge on any atom is -0.492 e. The molecule has 35 heavy (non-hydrogen) atoms. The number of nitrogens with one attached hydrogen (secondary N) is 1. The van der Waals surface area contributed by atoms with E-state index in [1.54, 1.807) is 0 Å². The molecule has 5 heteroatoms. The van der Waals surface area contributed by atoms with Crippen LogP contribution in [0.5, 0.6) is 5.75 Å². The van der Waals surface area contributed by atoms with Crippen molar-refractivity contribution in [3.8, 4) is 5.75 Å². The zero-order valence-electron chi connectivity index (χ0n) is 20.7. The fraction of sp³-hybridized carbons (Fsp3) is 0.333. The van der Waals surface area contributed by atoms with Crippen molar-refractivity contribution in [1.29, 1.82) is 0 Å². The summed E-state index contributed by atoms with van der Waals surface area (Å²) in [5, 5.41) is 3.05. The molecule has 4 aromatic rings. The van der Waals surface area contributed by atoms with Crippen molar-refractivity contribution < 1.29 is 9.53 Å². The van der Waals surface area contributed by atoms with Crippen LogP contribution in [0.4, 0.5) is 0 Å². The molecule has 182 valence electrons. The van der Waals surface area contributed by atoms with Gasteiger partial charge in [0.25, 0.3) is 0 Å². The molecule has 0 saturated heterocycles. The van der Waals surface area contributed by atoms with Gasteiger partial charge in [0.05, 0.1) is 17.6 Å². The molecule has 0 spiro atoms. The number of fused-ring (bicyclic) bond motifs is 1. The largest absolute Gasteiger partial charge is 0.492 e. The third-order valence-corrected chi connectivity index (χ3v) is 6.53. The van der Waals surface area contributed by atoms with Crippen LogP contribution < -0.4 is 10.1 Å². The minimum atomic E-state index is 0.0701. The lowest BCUT2D eigenvalue weighted by molar-refractivity contribution is -0.121. The Bertz CT molecular complexity index is 1220. The second-order valence-electron chi connectivity index (χ2n) is 8.98. The molecule has 0 radical (unpaired) electrons. The molecular weight excluding hydrogens is 434 g/mol. The van der Waals surface area contributed by atoms with Crippen molar-refractivity contribution in [3.63, 3.8) is 0 Å². The van der Waals surface area contributed by atoms with E-state index >= 15 is 0 Å². The fourth-order valence-electron chi connectivity index (χ4n) is 4.25. The lowest BCUT2D eigenvalue weighted by atomic mass is 9.99. The van der Waals surface area contributed by atoms with Crippen LogP contribution in [-0.2, 0) is 24.2 Å². The van der Waals surface area contributed by atoms with Gasteiger partial charge in [-0.25, -0.2) is 4.98 Å². The number of rotatable bonds is 12. The molecule has 1 heterocycles. The highest BCUT2D eigenvalue weighted by atomic mass is 16.5. The molecule has 0 aliphatic heterocycles. The van der Waals surface area contributed by atoms with E-state index in [0.717, 1.165) is 35.4 Å². The first-order chi connectivity index (χ1) is 17.1. The van der Waals surface area contributed by atoms with Crippen LogP contribution >= 0.6 is 0 Å². The number of hydrogen-bond acceptors (Lipinski definition) is 3. The van der Waals surface area contributed by atoms with Crippen LogP contribution in [0.3, 0.4) is 0 Å². The third-order valence-electron chi connectivity index (χ3n) is 6.53. The first-order valence-corrected chi connectivity index (χ1v) is 12.6. The van der Waals surface area contributed by atoms with Gasteiger partial charge in [0.1, 0.15) is 18.2 Å². The van der Waals surface area contributed by atoms with Gasteiger partial charge in [0, 0.05) is 19.4 Å². The Hall–Kier alpha value is -3.60. The number of imidazole rings is 1. The van der Waals surface area contributed by atoms with Crippen LogP contribution in [0.25, 0.3) is 11.0 Å². The van der Waals surface area contributed by atoms with Gasteiger partial charge < -0.3 is 14.6 Å². The standard InChI is InChI=1S/C30H35N3O2/c1-3-23(2)25-14-16-26(17-15-25)35-22-21-33-28-12-8-7-11-27(28)32-29(33)19-20-31-30(34)18-13-24-9-5-4-6-10-24/h4-12,14-17,23H,3,13,18-22H2,1-2H3,(H,31,34). The second-order valence-corrected chi connectivity index (χ2v) is 8.98. The van der Waals surface area contributed by atoms with E-state index in [9.17, 15) is 4.79 Å². The quantitative estimate of drug-likeness (QED) is 0.280. The zero-order valence-corrected chi connectivity index (χ0v) is 20.7. The van der Waals surface area contributed by atoms with Gasteiger partial charge in [-0.1, -0.05) is 68.4 Å². The average Bonchev–Trinajstić information content (AvgIpc) is 3.25. The maximum atomic E-state index is 12.3. The molecule has 1 amide bonds. The van der Waals surface area contributed by atoms with Gasteiger partial charge in [-0.2, -0.15) is 0 Å². The highest BCUT2D eigenvalue weighted by molar-refractivity contribution is 5.77. The fourth-order valence-corrected chi connectivity index (χ4v) is 4.25. The summed E-state index contributed by atoms with van der Waals surface area (Å²) < 4.78 is 8.26. The van der Waals surface area contributed by atoms with Crippen LogP contribution in [0, 0.1) is 0 Å². The molecule has 1 N–H and O–H groups in total. The molecule has 0 fully saturated rings. The molecule has 4 rings (SSSR count). The molecule has 0 saturated carbocycles. The van der Waals surface area contributed by atoms with E-state index in [1.165, 1.54) is 11.1 Å². The van der Waals surface area contributed by atoms with Gasteiger partial charge in [0.2, 0.25) is 5.91 Å². The number of benzene rings is 3. The molecule has 1 unspecified atom stereocenters. The number of ether oxygens (including phenoxy) is 1. The van der Waals surface area contributed by atoms with E-state index in [2.05, 4.69) is 66.2 Å². The van der Waals surface area contributed by atoms with Crippen molar-refractivity contribution in [2.75, 3.05) is 13.2 Å². The summed E-state index contributed by atoms with van der Waals surface area (Å²) in [6, 6.07) is 26.7. The van der Waals surface area contributed by atoms with Crippen molar-refractivity contribution in [2.24, 2.45) is 0 Å². The summed E-state index contributed by atoms with van der Waals surface area (Å²) in [6.45, 7) is 6.27. The first-order valence-electron chi connectivity index (χ1n) is 12.6. The number of carbonyl (C=O) groups is 1. The van der Waals surface area contributed by atoms with Gasteiger partial charge in [-0.3, -0.25) is 4.79 Å². The molecule has 0 aliphatic rings. The Morgan fingerprint density at radius 2 is 1.71 bits per heavy atom. The maximum Gasteiger partial charge on any atom is 0.220 e. The Kier molecular flexibility index (Phi) is 8.55. The van der Waals surface area contributed by atoms with E-state index < -0.39 is 0 Å². The Balaban J connectivity index is 1.32. The van der Waals surface area contributed by atoms with Crippen LogP contribution in [-0.4, -0.2) is 28.6 Å². The predicted octanol–water partition coefficient (Wildman–Crippen LogP) is 5.92. The van der Waals surface area contributed by atoms with Crippen molar-refractivity contribution in [2.45, 2.75) is 52.0 Å². The number of nitrogens with zero attached hydrogens (tertiary/aromatic N) is 2. The highest BCUT2D eigenvalue weighted by Gasteiger charge is 2.11. The summed E-state index contributed by atoms with van der Waals surface area (Å²) in [4.78, 5) is 17.1. The molecule has 1 aromatic heterocycles. The van der Waals surface area contributed by atoms with Gasteiger partial charge >= 0.3 is 0 Å². The minimum absolute atomic E-state index is 0.0701.